The molecule has 0 saturated heterocycles. The summed E-state index contributed by atoms with van der Waals surface area (Å²) in [6, 6.07) is 64.9. The van der Waals surface area contributed by atoms with Crippen molar-refractivity contribution in [2.75, 3.05) is 4.90 Å². The number of thiophene rings is 1. The summed E-state index contributed by atoms with van der Waals surface area (Å²) < 4.78 is 2.65. The lowest BCUT2D eigenvalue weighted by molar-refractivity contribution is 0.660. The first-order chi connectivity index (χ1) is 25.1. The number of fused-ring (bicyclic) bond motifs is 7. The van der Waals surface area contributed by atoms with E-state index in [1.165, 1.54) is 75.5 Å². The Hall–Kier alpha value is -5.96. The molecule has 1 aliphatic rings. The van der Waals surface area contributed by atoms with Crippen molar-refractivity contribution in [1.82, 2.24) is 0 Å². The summed E-state index contributed by atoms with van der Waals surface area (Å²) in [6.07, 6.45) is 0. The van der Waals surface area contributed by atoms with E-state index >= 15 is 0 Å². The minimum Gasteiger partial charge on any atom is -0.310 e. The highest BCUT2D eigenvalue weighted by Crippen LogP contribution is 2.52. The Kier molecular flexibility index (Phi) is 6.78. The number of anilines is 3. The van der Waals surface area contributed by atoms with E-state index in [1.807, 2.05) is 11.3 Å². The highest BCUT2D eigenvalue weighted by Gasteiger charge is 2.36. The number of hydrogen-bond acceptors (Lipinski definition) is 2. The van der Waals surface area contributed by atoms with E-state index in [4.69, 9.17) is 0 Å². The first-order valence-electron chi connectivity index (χ1n) is 17.7. The van der Waals surface area contributed by atoms with Gasteiger partial charge in [-0.05, 0) is 86.1 Å². The fourth-order valence-electron chi connectivity index (χ4n) is 8.40. The molecule has 0 amide bonds. The Labute approximate surface area is 302 Å². The van der Waals surface area contributed by atoms with Crippen LogP contribution in [0.2, 0.25) is 0 Å². The summed E-state index contributed by atoms with van der Waals surface area (Å²) in [5, 5.41) is 5.11. The van der Waals surface area contributed by atoms with Crippen LogP contribution < -0.4 is 4.90 Å². The fraction of sp³-hybridized carbons (Fsp3) is 0.0612. The molecule has 0 fully saturated rings. The van der Waals surface area contributed by atoms with Gasteiger partial charge in [-0.1, -0.05) is 153 Å². The third-order valence-electron chi connectivity index (χ3n) is 10.9. The molecular weight excluding hydrogens is 635 g/mol. The lowest BCUT2D eigenvalue weighted by atomic mass is 9.82. The summed E-state index contributed by atoms with van der Waals surface area (Å²) in [5.74, 6) is 0. The Morgan fingerprint density at radius 3 is 2.02 bits per heavy atom. The van der Waals surface area contributed by atoms with Crippen LogP contribution in [0.4, 0.5) is 17.1 Å². The van der Waals surface area contributed by atoms with E-state index in [0.717, 1.165) is 17.1 Å². The highest BCUT2D eigenvalue weighted by molar-refractivity contribution is 7.26. The van der Waals surface area contributed by atoms with Crippen LogP contribution in [-0.4, -0.2) is 0 Å². The van der Waals surface area contributed by atoms with Gasteiger partial charge in [-0.2, -0.15) is 0 Å². The first-order valence-corrected chi connectivity index (χ1v) is 18.5. The quantitative estimate of drug-likeness (QED) is 0.176. The topological polar surface area (TPSA) is 3.24 Å². The van der Waals surface area contributed by atoms with Crippen LogP contribution in [0.15, 0.2) is 176 Å². The zero-order chi connectivity index (χ0) is 34.1. The van der Waals surface area contributed by atoms with Crippen LogP contribution in [0, 0.1) is 0 Å². The second kappa shape index (κ2) is 11.6. The van der Waals surface area contributed by atoms with Crippen molar-refractivity contribution in [2.45, 2.75) is 19.3 Å². The Morgan fingerprint density at radius 2 is 1.12 bits per heavy atom. The van der Waals surface area contributed by atoms with Gasteiger partial charge in [0.05, 0.1) is 5.69 Å². The normalized spacial score (nSPS) is 13.1. The number of rotatable bonds is 5. The SMILES string of the molecule is CC1(C)c2ccccc2-c2ccc(N(c3cccc(-c4cccc5c4sc4ccccc45)c3)c3ccc4ccccc4c3-c3ccccc3)cc21. The summed E-state index contributed by atoms with van der Waals surface area (Å²) in [6.45, 7) is 4.73. The van der Waals surface area contributed by atoms with E-state index in [9.17, 15) is 0 Å². The Morgan fingerprint density at radius 1 is 0.451 bits per heavy atom. The lowest BCUT2D eigenvalue weighted by Crippen LogP contribution is -2.17. The van der Waals surface area contributed by atoms with Crippen molar-refractivity contribution in [3.63, 3.8) is 0 Å². The number of nitrogens with zero attached hydrogens (tertiary/aromatic N) is 1. The number of hydrogen-bond donors (Lipinski definition) is 0. The average molecular weight is 670 g/mol. The van der Waals surface area contributed by atoms with E-state index in [-0.39, 0.29) is 5.41 Å². The van der Waals surface area contributed by atoms with Crippen molar-refractivity contribution in [3.8, 4) is 33.4 Å². The van der Waals surface area contributed by atoms with Gasteiger partial charge in [0.2, 0.25) is 0 Å². The minimum absolute atomic E-state index is 0.113. The molecule has 0 N–H and O–H groups in total. The Balaban J connectivity index is 1.23. The van der Waals surface area contributed by atoms with Gasteiger partial charge in [-0.25, -0.2) is 0 Å². The smallest absolute Gasteiger partial charge is 0.0546 e. The molecule has 0 radical (unpaired) electrons. The molecular formula is C49H35NS. The summed E-state index contributed by atoms with van der Waals surface area (Å²) in [5.41, 5.74) is 13.7. The van der Waals surface area contributed by atoms with Crippen LogP contribution >= 0.6 is 11.3 Å². The molecule has 51 heavy (non-hydrogen) atoms. The second-order valence-corrected chi connectivity index (χ2v) is 15.2. The van der Waals surface area contributed by atoms with E-state index in [2.05, 4.69) is 195 Å². The van der Waals surface area contributed by atoms with E-state index in [1.54, 1.807) is 0 Å². The van der Waals surface area contributed by atoms with Gasteiger partial charge >= 0.3 is 0 Å². The second-order valence-electron chi connectivity index (χ2n) is 14.1. The van der Waals surface area contributed by atoms with Gasteiger partial charge in [-0.3, -0.25) is 0 Å². The van der Waals surface area contributed by atoms with Gasteiger partial charge < -0.3 is 4.90 Å². The van der Waals surface area contributed by atoms with Gasteiger partial charge in [0.25, 0.3) is 0 Å². The molecule has 10 rings (SSSR count). The molecule has 0 atom stereocenters. The van der Waals surface area contributed by atoms with E-state index < -0.39 is 0 Å². The zero-order valence-corrected chi connectivity index (χ0v) is 29.4. The molecule has 0 spiro atoms. The molecule has 242 valence electrons. The fourth-order valence-corrected chi connectivity index (χ4v) is 9.64. The van der Waals surface area contributed by atoms with Crippen molar-refractivity contribution in [1.29, 1.82) is 0 Å². The standard InChI is InChI=1S/C49H35NS/c1-49(2)43-24-10-8-20-39(43)40-28-27-36(31-44(40)49)50(45-29-26-32-14-6-7-19-37(32)47(45)33-15-4-3-5-16-33)35-18-12-17-34(30-35)38-22-13-23-42-41-21-9-11-25-46(41)51-48(38)42/h3-31H,1-2H3. The minimum atomic E-state index is -0.113. The highest BCUT2D eigenvalue weighted by atomic mass is 32.1. The maximum Gasteiger partial charge on any atom is 0.0546 e. The summed E-state index contributed by atoms with van der Waals surface area (Å²) in [7, 11) is 0. The molecule has 1 heterocycles. The molecule has 1 aliphatic carbocycles. The monoisotopic (exact) mass is 669 g/mol. The van der Waals surface area contributed by atoms with Gasteiger partial charge in [0.15, 0.2) is 0 Å². The largest absolute Gasteiger partial charge is 0.310 e. The van der Waals surface area contributed by atoms with Gasteiger partial charge in [0.1, 0.15) is 0 Å². The van der Waals surface area contributed by atoms with Crippen molar-refractivity contribution < 1.29 is 0 Å². The van der Waals surface area contributed by atoms with E-state index in [0.29, 0.717) is 0 Å². The predicted octanol–water partition coefficient (Wildman–Crippen LogP) is 14.3. The average Bonchev–Trinajstić information content (AvgIpc) is 3.67. The van der Waals surface area contributed by atoms with Crippen LogP contribution in [0.3, 0.4) is 0 Å². The summed E-state index contributed by atoms with van der Waals surface area (Å²) in [4.78, 5) is 2.49. The molecule has 1 aromatic heterocycles. The number of benzene rings is 8. The molecule has 0 bridgehead atoms. The Bertz CT molecular complexity index is 2790. The molecule has 0 saturated carbocycles. The van der Waals surface area contributed by atoms with Crippen LogP contribution in [0.1, 0.15) is 25.0 Å². The summed E-state index contributed by atoms with van der Waals surface area (Å²) >= 11 is 1.88. The molecule has 8 aromatic carbocycles. The van der Waals surface area contributed by atoms with Crippen molar-refractivity contribution >= 4 is 59.3 Å². The molecule has 2 heteroatoms. The van der Waals surface area contributed by atoms with Gasteiger partial charge in [0, 0.05) is 42.5 Å². The van der Waals surface area contributed by atoms with Crippen molar-refractivity contribution in [2.24, 2.45) is 0 Å². The third kappa shape index (κ3) is 4.67. The molecule has 9 aromatic rings. The van der Waals surface area contributed by atoms with Crippen LogP contribution in [-0.2, 0) is 5.41 Å². The zero-order valence-electron chi connectivity index (χ0n) is 28.6. The van der Waals surface area contributed by atoms with Gasteiger partial charge in [-0.15, -0.1) is 11.3 Å². The first kappa shape index (κ1) is 29.9. The van der Waals surface area contributed by atoms with Crippen LogP contribution in [0.25, 0.3) is 64.3 Å². The third-order valence-corrected chi connectivity index (χ3v) is 12.1. The maximum absolute atomic E-state index is 2.49. The van der Waals surface area contributed by atoms with Crippen molar-refractivity contribution in [3.05, 3.63) is 187 Å². The lowest BCUT2D eigenvalue weighted by Gasteiger charge is -2.30. The molecule has 1 nitrogen and oxygen atoms in total. The van der Waals surface area contributed by atoms with Crippen LogP contribution in [0.5, 0.6) is 0 Å². The molecule has 0 unspecified atom stereocenters. The maximum atomic E-state index is 2.49. The predicted molar refractivity (Wildman–Crippen MR) is 220 cm³/mol. The molecule has 0 aliphatic heterocycles.